The second kappa shape index (κ2) is 4.96. The van der Waals surface area contributed by atoms with Gasteiger partial charge < -0.3 is 15.5 Å². The van der Waals surface area contributed by atoms with Crippen molar-refractivity contribution in [3.8, 4) is 11.5 Å². The fourth-order valence-electron chi connectivity index (χ4n) is 1.72. The molecule has 0 heterocycles. The van der Waals surface area contributed by atoms with E-state index in [2.05, 4.69) is 5.32 Å². The van der Waals surface area contributed by atoms with E-state index >= 15 is 0 Å². The van der Waals surface area contributed by atoms with Gasteiger partial charge in [0.2, 0.25) is 0 Å². The van der Waals surface area contributed by atoms with E-state index < -0.39 is 0 Å². The number of benzene rings is 2. The van der Waals surface area contributed by atoms with Crippen LogP contribution in [0.3, 0.4) is 0 Å². The highest BCUT2D eigenvalue weighted by molar-refractivity contribution is 5.52. The molecular weight excluding hydrogens is 233 g/mol. The maximum atomic E-state index is 12.9. The van der Waals surface area contributed by atoms with Gasteiger partial charge in [-0.1, -0.05) is 0 Å². The molecule has 0 aliphatic heterocycles. The third kappa shape index (κ3) is 2.71. The van der Waals surface area contributed by atoms with E-state index in [1.165, 1.54) is 24.3 Å². The first-order valence-corrected chi connectivity index (χ1v) is 5.57. The molecule has 0 aliphatic carbocycles. The van der Waals surface area contributed by atoms with Crippen LogP contribution in [0.4, 0.5) is 10.1 Å². The van der Waals surface area contributed by atoms with E-state index in [1.807, 2.05) is 6.92 Å². The summed E-state index contributed by atoms with van der Waals surface area (Å²) in [5.74, 6) is -0.220. The largest absolute Gasteiger partial charge is 0.508 e. The zero-order valence-electron chi connectivity index (χ0n) is 9.94. The minimum atomic E-state index is -0.273. The van der Waals surface area contributed by atoms with Crippen LogP contribution in [0.1, 0.15) is 11.1 Å². The Morgan fingerprint density at radius 2 is 1.89 bits per heavy atom. The van der Waals surface area contributed by atoms with E-state index in [0.717, 1.165) is 11.3 Å². The van der Waals surface area contributed by atoms with Crippen LogP contribution >= 0.6 is 0 Å². The molecule has 94 valence electrons. The number of anilines is 1. The molecule has 0 amide bonds. The highest BCUT2D eigenvalue weighted by Crippen LogP contribution is 2.24. The molecule has 0 aliphatic rings. The van der Waals surface area contributed by atoms with Crippen LogP contribution in [0.2, 0.25) is 0 Å². The van der Waals surface area contributed by atoms with Crippen molar-refractivity contribution in [2.75, 3.05) is 5.32 Å². The lowest BCUT2D eigenvalue weighted by molar-refractivity contribution is 0.446. The number of phenolic OH excluding ortho intramolecular Hbond substituents is 2. The first kappa shape index (κ1) is 12.2. The lowest BCUT2D eigenvalue weighted by Gasteiger charge is -2.10. The normalized spacial score (nSPS) is 10.3. The Kier molecular flexibility index (Phi) is 3.37. The van der Waals surface area contributed by atoms with Crippen molar-refractivity contribution in [2.45, 2.75) is 13.5 Å². The van der Waals surface area contributed by atoms with Crippen LogP contribution in [0, 0.1) is 12.7 Å². The molecule has 0 saturated carbocycles. The number of phenols is 2. The third-order valence-corrected chi connectivity index (χ3v) is 2.73. The summed E-state index contributed by atoms with van der Waals surface area (Å²) in [6.07, 6.45) is 0. The number of nitrogens with one attached hydrogen (secondary N) is 1. The second-order valence-electron chi connectivity index (χ2n) is 4.13. The molecule has 0 radical (unpaired) electrons. The SMILES string of the molecule is Cc1cc(F)ccc1NCc1ccc(O)cc1O. The molecule has 18 heavy (non-hydrogen) atoms. The lowest BCUT2D eigenvalue weighted by atomic mass is 10.1. The Bertz CT molecular complexity index is 518. The third-order valence-electron chi connectivity index (χ3n) is 2.73. The smallest absolute Gasteiger partial charge is 0.124 e. The molecule has 2 rings (SSSR count). The Labute approximate surface area is 105 Å². The number of aryl methyl sites for hydroxylation is 1. The van der Waals surface area contributed by atoms with Gasteiger partial charge in [0, 0.05) is 23.9 Å². The van der Waals surface area contributed by atoms with E-state index in [4.69, 9.17) is 0 Å². The number of rotatable bonds is 3. The minimum Gasteiger partial charge on any atom is -0.508 e. The summed E-state index contributed by atoms with van der Waals surface area (Å²) in [6, 6.07) is 8.91. The summed E-state index contributed by atoms with van der Waals surface area (Å²) in [7, 11) is 0. The first-order valence-electron chi connectivity index (χ1n) is 5.57. The van der Waals surface area contributed by atoms with Crippen LogP contribution < -0.4 is 5.32 Å². The summed E-state index contributed by atoms with van der Waals surface area (Å²) in [4.78, 5) is 0. The molecule has 3 N–H and O–H groups in total. The van der Waals surface area contributed by atoms with Crippen LogP contribution in [-0.4, -0.2) is 10.2 Å². The fraction of sp³-hybridized carbons (Fsp3) is 0.143. The molecule has 2 aromatic carbocycles. The van der Waals surface area contributed by atoms with Crippen LogP contribution in [0.5, 0.6) is 11.5 Å². The lowest BCUT2D eigenvalue weighted by Crippen LogP contribution is -2.01. The molecule has 0 unspecified atom stereocenters. The average Bonchev–Trinajstić information content (AvgIpc) is 2.30. The summed E-state index contributed by atoms with van der Waals surface area (Å²) >= 11 is 0. The van der Waals surface area contributed by atoms with Gasteiger partial charge in [-0.05, 0) is 42.8 Å². The quantitative estimate of drug-likeness (QED) is 0.781. The maximum Gasteiger partial charge on any atom is 0.124 e. The molecule has 0 spiro atoms. The van der Waals surface area contributed by atoms with Crippen molar-refractivity contribution in [1.82, 2.24) is 0 Å². The van der Waals surface area contributed by atoms with Crippen molar-refractivity contribution in [1.29, 1.82) is 0 Å². The van der Waals surface area contributed by atoms with Gasteiger partial charge in [0.15, 0.2) is 0 Å². The Hall–Kier alpha value is -2.23. The topological polar surface area (TPSA) is 52.5 Å². The molecule has 2 aromatic rings. The van der Waals surface area contributed by atoms with Crippen molar-refractivity contribution >= 4 is 5.69 Å². The van der Waals surface area contributed by atoms with E-state index in [9.17, 15) is 14.6 Å². The van der Waals surface area contributed by atoms with Crippen molar-refractivity contribution in [3.05, 3.63) is 53.3 Å². The summed E-state index contributed by atoms with van der Waals surface area (Å²) < 4.78 is 12.9. The van der Waals surface area contributed by atoms with E-state index in [-0.39, 0.29) is 17.3 Å². The van der Waals surface area contributed by atoms with Crippen LogP contribution in [0.15, 0.2) is 36.4 Å². The van der Waals surface area contributed by atoms with Gasteiger partial charge in [0.05, 0.1) is 0 Å². The predicted molar refractivity (Wildman–Crippen MR) is 68.2 cm³/mol. The van der Waals surface area contributed by atoms with Crippen LogP contribution in [-0.2, 0) is 6.54 Å². The molecule has 4 heteroatoms. The zero-order chi connectivity index (χ0) is 13.1. The molecular formula is C14H14FNO2. The first-order chi connectivity index (χ1) is 8.56. The monoisotopic (exact) mass is 247 g/mol. The second-order valence-corrected chi connectivity index (χ2v) is 4.13. The van der Waals surface area contributed by atoms with Gasteiger partial charge in [-0.25, -0.2) is 4.39 Å². The van der Waals surface area contributed by atoms with Crippen molar-refractivity contribution < 1.29 is 14.6 Å². The number of hydrogen-bond acceptors (Lipinski definition) is 3. The zero-order valence-corrected chi connectivity index (χ0v) is 9.94. The summed E-state index contributed by atoms with van der Waals surface area (Å²) in [6.45, 7) is 2.21. The van der Waals surface area contributed by atoms with Gasteiger partial charge in [-0.15, -0.1) is 0 Å². The van der Waals surface area contributed by atoms with E-state index in [0.29, 0.717) is 12.1 Å². The average molecular weight is 247 g/mol. The molecule has 0 bridgehead atoms. The van der Waals surface area contributed by atoms with Crippen LogP contribution in [0.25, 0.3) is 0 Å². The molecule has 3 nitrogen and oxygen atoms in total. The fourth-order valence-corrected chi connectivity index (χ4v) is 1.72. The number of hydrogen-bond donors (Lipinski definition) is 3. The molecule has 0 atom stereocenters. The van der Waals surface area contributed by atoms with Gasteiger partial charge in [0.25, 0.3) is 0 Å². The van der Waals surface area contributed by atoms with Crippen molar-refractivity contribution in [2.24, 2.45) is 0 Å². The standard InChI is InChI=1S/C14H14FNO2/c1-9-6-11(15)3-5-13(9)16-8-10-2-4-12(17)7-14(10)18/h2-7,16-18H,8H2,1H3. The van der Waals surface area contributed by atoms with Gasteiger partial charge >= 0.3 is 0 Å². The Morgan fingerprint density at radius 1 is 1.11 bits per heavy atom. The number of halogens is 1. The molecule has 0 aromatic heterocycles. The Morgan fingerprint density at radius 3 is 2.56 bits per heavy atom. The van der Waals surface area contributed by atoms with Gasteiger partial charge in [0.1, 0.15) is 17.3 Å². The molecule has 0 fully saturated rings. The highest BCUT2D eigenvalue weighted by atomic mass is 19.1. The summed E-state index contributed by atoms with van der Waals surface area (Å²) in [5, 5.41) is 21.9. The predicted octanol–water partition coefficient (Wildman–Crippen LogP) is 3.16. The van der Waals surface area contributed by atoms with Gasteiger partial charge in [-0.3, -0.25) is 0 Å². The van der Waals surface area contributed by atoms with E-state index in [1.54, 1.807) is 12.1 Å². The summed E-state index contributed by atoms with van der Waals surface area (Å²) in [5.41, 5.74) is 2.27. The Balaban J connectivity index is 2.11. The molecule has 0 saturated heterocycles. The minimum absolute atomic E-state index is 0.0224. The number of aromatic hydroxyl groups is 2. The maximum absolute atomic E-state index is 12.9. The highest BCUT2D eigenvalue weighted by Gasteiger charge is 2.04. The van der Waals surface area contributed by atoms with Crippen molar-refractivity contribution in [3.63, 3.8) is 0 Å². The van der Waals surface area contributed by atoms with Gasteiger partial charge in [-0.2, -0.15) is 0 Å².